The molecule has 1 fully saturated rings. The molecule has 6 nitrogen and oxygen atoms in total. The van der Waals surface area contributed by atoms with Gasteiger partial charge in [-0.05, 0) is 41.5 Å². The molecule has 4 aromatic rings. The average molecular weight is 515 g/mol. The summed E-state index contributed by atoms with van der Waals surface area (Å²) in [5, 5.41) is 11.0. The molecule has 1 aliphatic rings. The molecule has 3 aromatic heterocycles. The molecule has 1 aromatic carbocycles. The Labute approximate surface area is 209 Å². The van der Waals surface area contributed by atoms with Gasteiger partial charge in [-0.15, -0.1) is 0 Å². The van der Waals surface area contributed by atoms with Crippen molar-refractivity contribution in [1.82, 2.24) is 25.1 Å². The van der Waals surface area contributed by atoms with Crippen LogP contribution in [0.25, 0.3) is 27.7 Å². The van der Waals surface area contributed by atoms with Gasteiger partial charge < -0.3 is 5.32 Å². The summed E-state index contributed by atoms with van der Waals surface area (Å²) in [5.41, 5.74) is 3.68. The molecule has 0 saturated carbocycles. The zero-order valence-corrected chi connectivity index (χ0v) is 19.6. The number of hydrogen-bond acceptors (Lipinski definition) is 5. The third kappa shape index (κ3) is 5.61. The first-order valence-electron chi connectivity index (χ1n) is 11.6. The predicted octanol–water partition coefficient (Wildman–Crippen LogP) is 6.35. The summed E-state index contributed by atoms with van der Waals surface area (Å²) in [4.78, 5) is 9.80. The number of hydrogen-bond donors (Lipinski definition) is 2. The molecule has 192 valence electrons. The number of benzene rings is 1. The van der Waals surface area contributed by atoms with Crippen LogP contribution in [0.15, 0.2) is 61.6 Å². The van der Waals surface area contributed by atoms with Crippen LogP contribution in [-0.2, 0) is 12.7 Å². The molecule has 37 heavy (non-hydrogen) atoms. The van der Waals surface area contributed by atoms with Gasteiger partial charge in [0.25, 0.3) is 5.92 Å². The van der Waals surface area contributed by atoms with E-state index in [9.17, 15) is 22.0 Å². The Hall–Kier alpha value is -3.86. The summed E-state index contributed by atoms with van der Waals surface area (Å²) < 4.78 is 65.3. The maximum atomic E-state index is 13.5. The topological polar surface area (TPSA) is 69.7 Å². The summed E-state index contributed by atoms with van der Waals surface area (Å²) in [6.07, 6.45) is -0.230. The summed E-state index contributed by atoms with van der Waals surface area (Å²) in [6, 6.07) is 9.87. The van der Waals surface area contributed by atoms with Crippen molar-refractivity contribution >= 4 is 22.3 Å². The summed E-state index contributed by atoms with van der Waals surface area (Å²) in [6.45, 7) is 5.21. The highest BCUT2D eigenvalue weighted by Crippen LogP contribution is 2.31. The molecule has 2 N–H and O–H groups in total. The maximum Gasteiger partial charge on any atom is 0.433 e. The van der Waals surface area contributed by atoms with Crippen LogP contribution in [0.1, 0.15) is 29.8 Å². The standard InChI is InChI=1S/C26H23F5N6/c1-16(34-20-3-5-23(33-14-20)26(29,30)31)24-21-11-18(2-4-22(21)35-36-24)19-10-17(12-32-13-19)15-37-8-6-25(27,28)7-9-37/h2-5,10-14,34H,1,6-9,15H2,(H,35,36). The van der Waals surface area contributed by atoms with Gasteiger partial charge in [-0.1, -0.05) is 12.6 Å². The molecule has 0 spiro atoms. The fourth-order valence-electron chi connectivity index (χ4n) is 4.32. The quantitative estimate of drug-likeness (QED) is 0.294. The number of aromatic nitrogens is 4. The third-order valence-electron chi connectivity index (χ3n) is 6.32. The third-order valence-corrected chi connectivity index (χ3v) is 6.32. The number of piperidine rings is 1. The van der Waals surface area contributed by atoms with Crippen LogP contribution in [0.3, 0.4) is 0 Å². The molecule has 0 aliphatic carbocycles. The number of alkyl halides is 5. The maximum absolute atomic E-state index is 13.5. The second kappa shape index (κ2) is 9.55. The number of anilines is 1. The molecule has 0 atom stereocenters. The van der Waals surface area contributed by atoms with Crippen molar-refractivity contribution < 1.29 is 22.0 Å². The van der Waals surface area contributed by atoms with Crippen LogP contribution in [0.2, 0.25) is 0 Å². The lowest BCUT2D eigenvalue weighted by Crippen LogP contribution is -2.38. The Morgan fingerprint density at radius 1 is 1.03 bits per heavy atom. The zero-order chi connectivity index (χ0) is 26.2. The van der Waals surface area contributed by atoms with Gasteiger partial charge in [-0.25, -0.2) is 13.8 Å². The fourth-order valence-corrected chi connectivity index (χ4v) is 4.32. The lowest BCUT2D eigenvalue weighted by atomic mass is 10.0. The molecule has 1 aliphatic heterocycles. The molecule has 0 bridgehead atoms. The number of H-pyrrole nitrogens is 1. The van der Waals surface area contributed by atoms with Crippen LogP contribution in [0.4, 0.5) is 27.6 Å². The monoisotopic (exact) mass is 514 g/mol. The van der Waals surface area contributed by atoms with E-state index in [1.165, 1.54) is 6.07 Å². The minimum Gasteiger partial charge on any atom is -0.353 e. The molecule has 4 heterocycles. The van der Waals surface area contributed by atoms with Crippen LogP contribution < -0.4 is 5.32 Å². The van der Waals surface area contributed by atoms with E-state index in [0.717, 1.165) is 39.9 Å². The normalized spacial score (nSPS) is 16.1. The van der Waals surface area contributed by atoms with Gasteiger partial charge in [0, 0.05) is 55.8 Å². The number of nitrogens with one attached hydrogen (secondary N) is 2. The Balaban J connectivity index is 1.34. The van der Waals surface area contributed by atoms with Crippen molar-refractivity contribution in [2.24, 2.45) is 0 Å². The van der Waals surface area contributed by atoms with E-state index in [1.54, 1.807) is 12.4 Å². The highest BCUT2D eigenvalue weighted by atomic mass is 19.4. The number of fused-ring (bicyclic) bond motifs is 1. The van der Waals surface area contributed by atoms with Crippen molar-refractivity contribution in [2.45, 2.75) is 31.5 Å². The van der Waals surface area contributed by atoms with E-state index in [-0.39, 0.29) is 12.8 Å². The van der Waals surface area contributed by atoms with E-state index < -0.39 is 17.8 Å². The van der Waals surface area contributed by atoms with E-state index in [0.29, 0.717) is 36.7 Å². The first-order chi connectivity index (χ1) is 17.6. The first-order valence-corrected chi connectivity index (χ1v) is 11.6. The zero-order valence-electron chi connectivity index (χ0n) is 19.6. The van der Waals surface area contributed by atoms with Crippen LogP contribution >= 0.6 is 0 Å². The van der Waals surface area contributed by atoms with Crippen LogP contribution in [-0.4, -0.2) is 44.1 Å². The van der Waals surface area contributed by atoms with E-state index >= 15 is 0 Å². The number of aromatic amines is 1. The summed E-state index contributed by atoms with van der Waals surface area (Å²) in [7, 11) is 0. The Bertz CT molecular complexity index is 1420. The Morgan fingerprint density at radius 3 is 2.51 bits per heavy atom. The summed E-state index contributed by atoms with van der Waals surface area (Å²) >= 11 is 0. The first kappa shape index (κ1) is 24.8. The van der Waals surface area contributed by atoms with Crippen molar-refractivity contribution in [1.29, 1.82) is 0 Å². The van der Waals surface area contributed by atoms with Gasteiger partial charge in [0.05, 0.1) is 23.1 Å². The molecular formula is C26H23F5N6. The minimum absolute atomic E-state index is 0.138. The van der Waals surface area contributed by atoms with Crippen LogP contribution in [0.5, 0.6) is 0 Å². The molecule has 1 saturated heterocycles. The average Bonchev–Trinajstić information content (AvgIpc) is 3.29. The van der Waals surface area contributed by atoms with Crippen molar-refractivity contribution in [3.63, 3.8) is 0 Å². The number of rotatable bonds is 6. The highest BCUT2D eigenvalue weighted by molar-refractivity contribution is 5.95. The molecule has 0 amide bonds. The molecule has 11 heteroatoms. The van der Waals surface area contributed by atoms with Crippen molar-refractivity contribution in [3.8, 4) is 11.1 Å². The Morgan fingerprint density at radius 2 is 1.81 bits per heavy atom. The Kier molecular flexibility index (Phi) is 6.40. The SMILES string of the molecule is C=C(Nc1ccc(C(F)(F)F)nc1)c1n[nH]c2ccc(-c3cncc(CN4CCC(F)(F)CC4)c3)cc12. The van der Waals surface area contributed by atoms with Gasteiger partial charge in [-0.2, -0.15) is 18.3 Å². The van der Waals surface area contributed by atoms with E-state index in [1.807, 2.05) is 29.2 Å². The van der Waals surface area contributed by atoms with Crippen LogP contribution in [0, 0.1) is 0 Å². The minimum atomic E-state index is -4.51. The number of nitrogens with zero attached hydrogens (tertiary/aromatic N) is 4. The summed E-state index contributed by atoms with van der Waals surface area (Å²) in [5.74, 6) is -2.59. The van der Waals surface area contributed by atoms with Crippen molar-refractivity contribution in [3.05, 3.63) is 78.5 Å². The van der Waals surface area contributed by atoms with E-state index in [4.69, 9.17) is 0 Å². The second-order valence-electron chi connectivity index (χ2n) is 9.08. The van der Waals surface area contributed by atoms with Gasteiger partial charge in [0.1, 0.15) is 11.4 Å². The fraction of sp³-hybridized carbons (Fsp3) is 0.269. The highest BCUT2D eigenvalue weighted by Gasteiger charge is 2.34. The van der Waals surface area contributed by atoms with Gasteiger partial charge >= 0.3 is 6.18 Å². The molecule has 0 unspecified atom stereocenters. The lowest BCUT2D eigenvalue weighted by Gasteiger charge is -2.31. The van der Waals surface area contributed by atoms with Gasteiger partial charge in [0.15, 0.2) is 0 Å². The van der Waals surface area contributed by atoms with Crippen molar-refractivity contribution in [2.75, 3.05) is 18.4 Å². The number of halogens is 5. The predicted molar refractivity (Wildman–Crippen MR) is 131 cm³/mol. The number of pyridine rings is 2. The molecular weight excluding hydrogens is 491 g/mol. The second-order valence-corrected chi connectivity index (χ2v) is 9.08. The van der Waals surface area contributed by atoms with Gasteiger partial charge in [-0.3, -0.25) is 15.0 Å². The molecule has 5 rings (SSSR count). The van der Waals surface area contributed by atoms with E-state index in [2.05, 4.69) is 32.1 Å². The smallest absolute Gasteiger partial charge is 0.353 e. The number of likely N-dealkylation sites (tertiary alicyclic amines) is 1. The largest absolute Gasteiger partial charge is 0.433 e. The lowest BCUT2D eigenvalue weighted by molar-refractivity contribution is -0.141. The molecule has 0 radical (unpaired) electrons. The van der Waals surface area contributed by atoms with Gasteiger partial charge in [0.2, 0.25) is 0 Å².